The summed E-state index contributed by atoms with van der Waals surface area (Å²) in [6.07, 6.45) is 7.33. The molecule has 1 aliphatic rings. The molecular formula is C16H25N3O2. The predicted molar refractivity (Wildman–Crippen MR) is 82.2 cm³/mol. The molecule has 2 rings (SSSR count). The number of amides is 1. The highest BCUT2D eigenvalue weighted by Crippen LogP contribution is 2.28. The molecule has 1 aromatic rings. The molecule has 1 amide bonds. The molecule has 0 bridgehead atoms. The topological polar surface area (TPSA) is 47.4 Å². The van der Waals surface area contributed by atoms with Crippen molar-refractivity contribution >= 4 is 6.09 Å². The number of aromatic nitrogens is 2. The summed E-state index contributed by atoms with van der Waals surface area (Å²) in [5, 5.41) is 0. The summed E-state index contributed by atoms with van der Waals surface area (Å²) in [6.45, 7) is 11.7. The van der Waals surface area contributed by atoms with Crippen LogP contribution in [0.3, 0.4) is 0 Å². The van der Waals surface area contributed by atoms with Crippen LogP contribution in [0.2, 0.25) is 0 Å². The second kappa shape index (κ2) is 6.33. The zero-order valence-corrected chi connectivity index (χ0v) is 13.2. The van der Waals surface area contributed by atoms with Crippen molar-refractivity contribution < 1.29 is 9.53 Å². The van der Waals surface area contributed by atoms with Crippen molar-refractivity contribution in [3.63, 3.8) is 0 Å². The van der Waals surface area contributed by atoms with Crippen molar-refractivity contribution in [2.45, 2.75) is 51.7 Å². The minimum Gasteiger partial charge on any atom is -0.444 e. The SMILES string of the molecule is C=CCn1cncc1C1CCN(C(=O)OC(C)(C)C)CC1. The highest BCUT2D eigenvalue weighted by Gasteiger charge is 2.28. The minimum absolute atomic E-state index is 0.208. The average Bonchev–Trinajstić information content (AvgIpc) is 2.86. The minimum atomic E-state index is -0.434. The number of imidazole rings is 1. The Bertz CT molecular complexity index is 494. The van der Waals surface area contributed by atoms with Gasteiger partial charge in [0.25, 0.3) is 0 Å². The lowest BCUT2D eigenvalue weighted by Gasteiger charge is -2.33. The fourth-order valence-electron chi connectivity index (χ4n) is 2.65. The Morgan fingerprint density at radius 3 is 2.71 bits per heavy atom. The van der Waals surface area contributed by atoms with E-state index in [-0.39, 0.29) is 6.09 Å². The van der Waals surface area contributed by atoms with Crippen LogP contribution in [0.15, 0.2) is 25.2 Å². The second-order valence-corrected chi connectivity index (χ2v) is 6.50. The lowest BCUT2D eigenvalue weighted by Crippen LogP contribution is -2.41. The molecule has 0 aliphatic carbocycles. The molecule has 0 atom stereocenters. The van der Waals surface area contributed by atoms with Gasteiger partial charge in [-0.2, -0.15) is 0 Å². The number of piperidine rings is 1. The van der Waals surface area contributed by atoms with Crippen molar-refractivity contribution in [1.82, 2.24) is 14.5 Å². The van der Waals surface area contributed by atoms with Crippen molar-refractivity contribution in [2.75, 3.05) is 13.1 Å². The van der Waals surface area contributed by atoms with Gasteiger partial charge in [0.1, 0.15) is 5.60 Å². The number of ether oxygens (including phenoxy) is 1. The van der Waals surface area contributed by atoms with Crippen LogP contribution < -0.4 is 0 Å². The van der Waals surface area contributed by atoms with Gasteiger partial charge >= 0.3 is 6.09 Å². The highest BCUT2D eigenvalue weighted by atomic mass is 16.6. The lowest BCUT2D eigenvalue weighted by atomic mass is 9.94. The van der Waals surface area contributed by atoms with Crippen LogP contribution in [0.4, 0.5) is 4.79 Å². The van der Waals surface area contributed by atoms with Gasteiger partial charge in [0, 0.05) is 37.4 Å². The van der Waals surface area contributed by atoms with E-state index >= 15 is 0 Å². The van der Waals surface area contributed by atoms with Gasteiger partial charge in [-0.3, -0.25) is 0 Å². The lowest BCUT2D eigenvalue weighted by molar-refractivity contribution is 0.0203. The van der Waals surface area contributed by atoms with E-state index in [4.69, 9.17) is 4.74 Å². The van der Waals surface area contributed by atoms with E-state index in [1.54, 1.807) is 4.90 Å². The van der Waals surface area contributed by atoms with Gasteiger partial charge in [0.15, 0.2) is 0 Å². The maximum atomic E-state index is 12.0. The number of hydrogen-bond donors (Lipinski definition) is 0. The third kappa shape index (κ3) is 4.09. The third-order valence-electron chi connectivity index (χ3n) is 3.64. The van der Waals surface area contributed by atoms with Gasteiger partial charge in [0.2, 0.25) is 0 Å². The predicted octanol–water partition coefficient (Wildman–Crippen LogP) is 3.18. The summed E-state index contributed by atoms with van der Waals surface area (Å²) in [6, 6.07) is 0. The zero-order chi connectivity index (χ0) is 15.5. The van der Waals surface area contributed by atoms with E-state index in [9.17, 15) is 4.79 Å². The Labute approximate surface area is 126 Å². The number of carbonyl (C=O) groups excluding carboxylic acids is 1. The van der Waals surface area contributed by atoms with E-state index in [1.165, 1.54) is 5.69 Å². The Morgan fingerprint density at radius 2 is 2.14 bits per heavy atom. The van der Waals surface area contributed by atoms with Crippen molar-refractivity contribution in [3.8, 4) is 0 Å². The number of hydrogen-bond acceptors (Lipinski definition) is 3. The monoisotopic (exact) mass is 291 g/mol. The van der Waals surface area contributed by atoms with Crippen LogP contribution in [0, 0.1) is 0 Å². The molecule has 0 radical (unpaired) electrons. The third-order valence-corrected chi connectivity index (χ3v) is 3.64. The van der Waals surface area contributed by atoms with Crippen molar-refractivity contribution in [2.24, 2.45) is 0 Å². The molecule has 1 saturated heterocycles. The Kier molecular flexibility index (Phi) is 4.70. The first-order valence-electron chi connectivity index (χ1n) is 7.49. The summed E-state index contributed by atoms with van der Waals surface area (Å²) >= 11 is 0. The molecule has 116 valence electrons. The van der Waals surface area contributed by atoms with E-state index < -0.39 is 5.60 Å². The van der Waals surface area contributed by atoms with Crippen LogP contribution >= 0.6 is 0 Å². The molecule has 0 unspecified atom stereocenters. The molecule has 21 heavy (non-hydrogen) atoms. The Hall–Kier alpha value is -1.78. The zero-order valence-electron chi connectivity index (χ0n) is 13.2. The fourth-order valence-corrected chi connectivity index (χ4v) is 2.65. The molecule has 0 aromatic carbocycles. The first kappa shape index (κ1) is 15.6. The van der Waals surface area contributed by atoms with Crippen LogP contribution in [0.1, 0.15) is 45.2 Å². The normalized spacial score (nSPS) is 16.8. The molecule has 1 aromatic heterocycles. The maximum absolute atomic E-state index is 12.0. The van der Waals surface area contributed by atoms with Gasteiger partial charge in [-0.05, 0) is 33.6 Å². The summed E-state index contributed by atoms with van der Waals surface area (Å²) in [7, 11) is 0. The molecule has 2 heterocycles. The summed E-state index contributed by atoms with van der Waals surface area (Å²) in [5.41, 5.74) is 0.801. The largest absolute Gasteiger partial charge is 0.444 e. The van der Waals surface area contributed by atoms with E-state index in [1.807, 2.05) is 39.4 Å². The number of nitrogens with zero attached hydrogens (tertiary/aromatic N) is 3. The first-order chi connectivity index (χ1) is 9.90. The van der Waals surface area contributed by atoms with Gasteiger partial charge in [-0.1, -0.05) is 6.08 Å². The second-order valence-electron chi connectivity index (χ2n) is 6.50. The van der Waals surface area contributed by atoms with E-state index in [0.29, 0.717) is 5.92 Å². The standard InChI is InChI=1S/C16H25N3O2/c1-5-8-19-12-17-11-14(19)13-6-9-18(10-7-13)15(20)21-16(2,3)4/h5,11-13H,1,6-10H2,2-4H3. The van der Waals surface area contributed by atoms with Crippen LogP contribution in [-0.2, 0) is 11.3 Å². The molecule has 0 N–H and O–H groups in total. The number of rotatable bonds is 3. The molecular weight excluding hydrogens is 266 g/mol. The highest BCUT2D eigenvalue weighted by molar-refractivity contribution is 5.68. The van der Waals surface area contributed by atoms with Crippen LogP contribution in [-0.4, -0.2) is 39.2 Å². The fraction of sp³-hybridized carbons (Fsp3) is 0.625. The van der Waals surface area contributed by atoms with Crippen molar-refractivity contribution in [3.05, 3.63) is 30.9 Å². The van der Waals surface area contributed by atoms with Crippen molar-refractivity contribution in [1.29, 1.82) is 0 Å². The summed E-state index contributed by atoms with van der Waals surface area (Å²) in [5.74, 6) is 0.450. The van der Waals surface area contributed by atoms with E-state index in [2.05, 4.69) is 16.1 Å². The number of likely N-dealkylation sites (tertiary alicyclic amines) is 1. The average molecular weight is 291 g/mol. The van der Waals surface area contributed by atoms with E-state index in [0.717, 1.165) is 32.5 Å². The molecule has 0 saturated carbocycles. The summed E-state index contributed by atoms with van der Waals surface area (Å²) < 4.78 is 7.55. The molecule has 5 nitrogen and oxygen atoms in total. The Morgan fingerprint density at radius 1 is 1.48 bits per heavy atom. The first-order valence-corrected chi connectivity index (χ1v) is 7.49. The molecule has 0 spiro atoms. The Balaban J connectivity index is 1.92. The van der Waals surface area contributed by atoms with Gasteiger partial charge in [-0.25, -0.2) is 9.78 Å². The number of allylic oxidation sites excluding steroid dienone is 1. The van der Waals surface area contributed by atoms with Crippen LogP contribution in [0.5, 0.6) is 0 Å². The molecule has 1 aliphatic heterocycles. The number of carbonyl (C=O) groups is 1. The molecule has 5 heteroatoms. The smallest absolute Gasteiger partial charge is 0.410 e. The van der Waals surface area contributed by atoms with Gasteiger partial charge in [0.05, 0.1) is 6.33 Å². The van der Waals surface area contributed by atoms with Gasteiger partial charge < -0.3 is 14.2 Å². The summed E-state index contributed by atoms with van der Waals surface area (Å²) in [4.78, 5) is 18.1. The maximum Gasteiger partial charge on any atom is 0.410 e. The quantitative estimate of drug-likeness (QED) is 0.804. The van der Waals surface area contributed by atoms with Gasteiger partial charge in [-0.15, -0.1) is 6.58 Å². The molecule has 1 fully saturated rings. The van der Waals surface area contributed by atoms with Crippen LogP contribution in [0.25, 0.3) is 0 Å².